The van der Waals surface area contributed by atoms with Crippen LogP contribution in [0.2, 0.25) is 0 Å². The van der Waals surface area contributed by atoms with Crippen molar-refractivity contribution in [3.05, 3.63) is 72.6 Å². The molecule has 0 aliphatic carbocycles. The second-order valence-electron chi connectivity index (χ2n) is 6.86. The maximum absolute atomic E-state index is 12.7. The largest absolute Gasteiger partial charge is 0.434 e. The van der Waals surface area contributed by atoms with Gasteiger partial charge in [-0.3, -0.25) is 0 Å². The van der Waals surface area contributed by atoms with Crippen molar-refractivity contribution < 1.29 is 30.7 Å². The highest BCUT2D eigenvalue weighted by Gasteiger charge is 2.26. The lowest BCUT2D eigenvalue weighted by Crippen LogP contribution is -2.11. The van der Waals surface area contributed by atoms with Gasteiger partial charge in [-0.15, -0.1) is 0 Å². The van der Waals surface area contributed by atoms with Gasteiger partial charge in [0.2, 0.25) is 15.8 Å². The van der Waals surface area contributed by atoms with Crippen molar-refractivity contribution in [1.82, 2.24) is 14.5 Å². The van der Waals surface area contributed by atoms with Crippen molar-refractivity contribution in [1.29, 1.82) is 0 Å². The van der Waals surface area contributed by atoms with Gasteiger partial charge in [-0.2, -0.15) is 22.5 Å². The predicted molar refractivity (Wildman–Crippen MR) is 113 cm³/mol. The molecule has 0 aliphatic heterocycles. The molecule has 0 atom stereocenters. The molecule has 2 heterocycles. The second-order valence-corrected chi connectivity index (χ2v) is 8.78. The molecule has 33 heavy (non-hydrogen) atoms. The zero-order valence-corrected chi connectivity index (χ0v) is 17.5. The number of alkyl halides is 4. The smallest absolute Gasteiger partial charge is 0.387 e. The maximum Gasteiger partial charge on any atom is 0.387 e. The number of hydrogen-bond acceptors (Lipinski definition) is 6. The fourth-order valence-corrected chi connectivity index (χ4v) is 3.87. The van der Waals surface area contributed by atoms with Crippen LogP contribution in [0.5, 0.6) is 5.75 Å². The monoisotopic (exact) mass is 480 g/mol. The number of rotatable bonds is 8. The van der Waals surface area contributed by atoms with E-state index in [2.05, 4.69) is 20.0 Å². The molecule has 0 radical (unpaired) electrons. The SMILES string of the molecule is O=S(=O)(c1ccc(Nc2ncc3ccn(Cc4ccccc4OC(F)F)c3n2)cc1)C(F)F. The van der Waals surface area contributed by atoms with E-state index in [0.717, 1.165) is 12.1 Å². The van der Waals surface area contributed by atoms with Gasteiger partial charge in [0.25, 0.3) is 0 Å². The Morgan fingerprint density at radius 1 is 1.00 bits per heavy atom. The van der Waals surface area contributed by atoms with E-state index in [9.17, 15) is 26.0 Å². The van der Waals surface area contributed by atoms with E-state index in [-0.39, 0.29) is 18.2 Å². The van der Waals surface area contributed by atoms with Crippen molar-refractivity contribution in [2.75, 3.05) is 5.32 Å². The first-order valence-electron chi connectivity index (χ1n) is 9.48. The minimum atomic E-state index is -4.69. The van der Waals surface area contributed by atoms with Crippen molar-refractivity contribution in [3.8, 4) is 5.75 Å². The molecule has 7 nitrogen and oxygen atoms in total. The lowest BCUT2D eigenvalue weighted by molar-refractivity contribution is -0.0504. The van der Waals surface area contributed by atoms with Crippen molar-refractivity contribution in [3.63, 3.8) is 0 Å². The molecule has 0 fully saturated rings. The van der Waals surface area contributed by atoms with Crippen LogP contribution in [0.1, 0.15) is 5.56 Å². The average molecular weight is 480 g/mol. The molecule has 0 spiro atoms. The third-order valence-electron chi connectivity index (χ3n) is 4.70. The zero-order chi connectivity index (χ0) is 23.6. The number of anilines is 2. The molecule has 4 aromatic rings. The van der Waals surface area contributed by atoms with Crippen molar-refractivity contribution in [2.45, 2.75) is 23.8 Å². The van der Waals surface area contributed by atoms with E-state index in [0.29, 0.717) is 22.3 Å². The fourth-order valence-electron chi connectivity index (χ4n) is 3.15. The summed E-state index contributed by atoms with van der Waals surface area (Å²) in [4.78, 5) is 8.11. The van der Waals surface area contributed by atoms with E-state index < -0.39 is 27.1 Å². The Hall–Kier alpha value is -3.67. The average Bonchev–Trinajstić information content (AvgIpc) is 3.17. The highest BCUT2D eigenvalue weighted by Crippen LogP contribution is 2.25. The lowest BCUT2D eigenvalue weighted by atomic mass is 10.2. The Kier molecular flexibility index (Phi) is 6.18. The van der Waals surface area contributed by atoms with Gasteiger partial charge in [0, 0.05) is 29.0 Å². The molecule has 0 unspecified atom stereocenters. The first-order valence-corrected chi connectivity index (χ1v) is 11.0. The summed E-state index contributed by atoms with van der Waals surface area (Å²) in [5, 5.41) is 3.58. The summed E-state index contributed by atoms with van der Waals surface area (Å²) in [5.41, 5.74) is 1.42. The first-order chi connectivity index (χ1) is 15.7. The second kappa shape index (κ2) is 9.06. The predicted octanol–water partition coefficient (Wildman–Crippen LogP) is 4.82. The number of hydrogen-bond donors (Lipinski definition) is 1. The molecule has 2 aromatic heterocycles. The van der Waals surface area contributed by atoms with Gasteiger partial charge in [0.15, 0.2) is 0 Å². The number of fused-ring (bicyclic) bond motifs is 1. The molecule has 0 saturated heterocycles. The topological polar surface area (TPSA) is 86.1 Å². The maximum atomic E-state index is 12.7. The number of ether oxygens (including phenoxy) is 1. The van der Waals surface area contributed by atoms with Crippen LogP contribution < -0.4 is 10.1 Å². The number of nitrogens with one attached hydrogen (secondary N) is 1. The summed E-state index contributed by atoms with van der Waals surface area (Å²) in [7, 11) is -4.69. The lowest BCUT2D eigenvalue weighted by Gasteiger charge is -2.12. The van der Waals surface area contributed by atoms with Crippen LogP contribution in [0.25, 0.3) is 11.0 Å². The summed E-state index contributed by atoms with van der Waals surface area (Å²) in [6, 6.07) is 12.9. The molecule has 0 saturated carbocycles. The summed E-state index contributed by atoms with van der Waals surface area (Å²) in [6.07, 6.45) is 3.28. The van der Waals surface area contributed by atoms with Gasteiger partial charge >= 0.3 is 12.4 Å². The van der Waals surface area contributed by atoms with Gasteiger partial charge in [-0.05, 0) is 36.4 Å². The summed E-state index contributed by atoms with van der Waals surface area (Å²) in [6.45, 7) is -2.74. The summed E-state index contributed by atoms with van der Waals surface area (Å²) >= 11 is 0. The summed E-state index contributed by atoms with van der Waals surface area (Å²) in [5.74, 6) is -3.28. The quantitative estimate of drug-likeness (QED) is 0.364. The zero-order valence-electron chi connectivity index (χ0n) is 16.7. The number of nitrogens with zero attached hydrogens (tertiary/aromatic N) is 3. The number of benzene rings is 2. The number of aromatic nitrogens is 3. The Morgan fingerprint density at radius 2 is 1.73 bits per heavy atom. The molecule has 0 amide bonds. The molecular formula is C21H16F4N4O3S. The molecule has 4 rings (SSSR count). The van der Waals surface area contributed by atoms with E-state index in [1.807, 2.05) is 0 Å². The van der Waals surface area contributed by atoms with Crippen LogP contribution in [0.15, 0.2) is 71.9 Å². The molecular weight excluding hydrogens is 464 g/mol. The Labute approximate surface area is 185 Å². The van der Waals surface area contributed by atoms with Gasteiger partial charge in [-0.25, -0.2) is 13.4 Å². The van der Waals surface area contributed by atoms with Gasteiger partial charge in [0.1, 0.15) is 11.4 Å². The highest BCUT2D eigenvalue weighted by molar-refractivity contribution is 7.91. The van der Waals surface area contributed by atoms with Crippen molar-refractivity contribution in [2.24, 2.45) is 0 Å². The van der Waals surface area contributed by atoms with Crippen LogP contribution in [-0.2, 0) is 16.4 Å². The number of para-hydroxylation sites is 1. The summed E-state index contributed by atoms with van der Waals surface area (Å²) < 4.78 is 80.1. The molecule has 172 valence electrons. The first kappa shape index (κ1) is 22.5. The molecule has 12 heteroatoms. The normalized spacial score (nSPS) is 11.9. The molecule has 0 aliphatic rings. The third kappa shape index (κ3) is 4.90. The van der Waals surface area contributed by atoms with Crippen LogP contribution in [0.4, 0.5) is 29.2 Å². The molecule has 0 bridgehead atoms. The number of halogens is 4. The fraction of sp³-hybridized carbons (Fsp3) is 0.143. The van der Waals surface area contributed by atoms with Crippen molar-refractivity contribution >= 4 is 32.5 Å². The van der Waals surface area contributed by atoms with E-state index in [1.54, 1.807) is 41.2 Å². The van der Waals surface area contributed by atoms with E-state index in [1.165, 1.54) is 18.2 Å². The van der Waals surface area contributed by atoms with Gasteiger partial charge in [0.05, 0.1) is 11.4 Å². The van der Waals surface area contributed by atoms with Crippen LogP contribution in [0, 0.1) is 0 Å². The minimum Gasteiger partial charge on any atom is -0.434 e. The standard InChI is InChI=1S/C21H16F4N4O3S/c22-19(23)32-17-4-2-1-3-14(17)12-29-10-9-13-11-26-21(28-18(13)29)27-15-5-7-16(8-6-15)33(30,31)20(24)25/h1-11,19-20H,12H2,(H,26,27,28). The van der Waals surface area contributed by atoms with Crippen LogP contribution in [-0.4, -0.2) is 35.3 Å². The Bertz CT molecular complexity index is 1380. The van der Waals surface area contributed by atoms with E-state index in [4.69, 9.17) is 0 Å². The van der Waals surface area contributed by atoms with Crippen LogP contribution >= 0.6 is 0 Å². The highest BCUT2D eigenvalue weighted by atomic mass is 32.2. The Morgan fingerprint density at radius 3 is 2.42 bits per heavy atom. The number of sulfone groups is 1. The Balaban J connectivity index is 1.58. The molecule has 1 N–H and O–H groups in total. The van der Waals surface area contributed by atoms with E-state index >= 15 is 0 Å². The molecule has 2 aromatic carbocycles. The minimum absolute atomic E-state index is 0.0561. The van der Waals surface area contributed by atoms with Gasteiger partial charge < -0.3 is 14.6 Å². The van der Waals surface area contributed by atoms with Crippen LogP contribution in [0.3, 0.4) is 0 Å². The van der Waals surface area contributed by atoms with Gasteiger partial charge in [-0.1, -0.05) is 18.2 Å². The third-order valence-corrected chi connectivity index (χ3v) is 6.10.